The number of fused-ring (bicyclic) bond motifs is 1. The van der Waals surface area contributed by atoms with Crippen LogP contribution in [0.2, 0.25) is 0 Å². The van der Waals surface area contributed by atoms with Gasteiger partial charge in [-0.05, 0) is 0 Å². The molecule has 0 spiro atoms. The van der Waals surface area contributed by atoms with E-state index in [1.165, 1.54) is 4.90 Å². The van der Waals surface area contributed by atoms with Gasteiger partial charge < -0.3 is 9.80 Å². The number of thiazole rings is 1. The van der Waals surface area contributed by atoms with Crippen molar-refractivity contribution in [1.29, 1.82) is 0 Å². The topological polar surface area (TPSA) is 56.8 Å². The molecule has 1 atom stereocenters. The largest absolute Gasteiger partial charge is 0.335 e. The third-order valence-corrected chi connectivity index (χ3v) is 5.72. The standard InChI is InChI=1S/C18H20N4O2S/c1-20-11-16(23)22-8-7-21(10-15(22)18(20)24)9-14-12-25-17(19-14)13-5-3-2-4-6-13/h2-6,12,15H,7-11H2,1H3. The number of piperazine rings is 2. The van der Waals surface area contributed by atoms with Crippen molar-refractivity contribution in [3.63, 3.8) is 0 Å². The number of nitrogens with zero attached hydrogens (tertiary/aromatic N) is 4. The average Bonchev–Trinajstić information content (AvgIpc) is 3.09. The highest BCUT2D eigenvalue weighted by molar-refractivity contribution is 7.13. The highest BCUT2D eigenvalue weighted by Crippen LogP contribution is 2.25. The van der Waals surface area contributed by atoms with Crippen LogP contribution in [0.5, 0.6) is 0 Å². The van der Waals surface area contributed by atoms with Crippen molar-refractivity contribution in [1.82, 2.24) is 19.7 Å². The lowest BCUT2D eigenvalue weighted by Crippen LogP contribution is -2.65. The van der Waals surface area contributed by atoms with Gasteiger partial charge in [-0.15, -0.1) is 11.3 Å². The first-order chi connectivity index (χ1) is 12.1. The Balaban J connectivity index is 1.45. The average molecular weight is 356 g/mol. The van der Waals surface area contributed by atoms with Crippen LogP contribution in [0.15, 0.2) is 35.7 Å². The maximum absolute atomic E-state index is 12.4. The van der Waals surface area contributed by atoms with Crippen LogP contribution in [0.1, 0.15) is 5.69 Å². The second-order valence-corrected chi connectivity index (χ2v) is 7.40. The molecule has 1 aromatic heterocycles. The first kappa shape index (κ1) is 16.2. The first-order valence-electron chi connectivity index (χ1n) is 8.38. The summed E-state index contributed by atoms with van der Waals surface area (Å²) in [6.45, 7) is 2.87. The molecule has 2 aromatic rings. The molecule has 0 aliphatic carbocycles. The minimum absolute atomic E-state index is 0.0348. The summed E-state index contributed by atoms with van der Waals surface area (Å²) in [5.74, 6) is 0.0827. The number of amides is 2. The van der Waals surface area contributed by atoms with Crippen LogP contribution in [-0.4, -0.2) is 70.8 Å². The van der Waals surface area contributed by atoms with E-state index in [2.05, 4.69) is 22.4 Å². The molecule has 4 rings (SSSR count). The molecule has 2 aliphatic rings. The number of hydrogen-bond acceptors (Lipinski definition) is 5. The van der Waals surface area contributed by atoms with Gasteiger partial charge in [-0.1, -0.05) is 30.3 Å². The van der Waals surface area contributed by atoms with Gasteiger partial charge in [0.2, 0.25) is 11.8 Å². The third kappa shape index (κ3) is 3.17. The monoisotopic (exact) mass is 356 g/mol. The van der Waals surface area contributed by atoms with Gasteiger partial charge in [0.05, 0.1) is 12.2 Å². The fourth-order valence-electron chi connectivity index (χ4n) is 3.44. The Bertz CT molecular complexity index is 791. The number of carbonyl (C=O) groups excluding carboxylic acids is 2. The van der Waals surface area contributed by atoms with E-state index in [4.69, 9.17) is 4.98 Å². The molecular formula is C18H20N4O2S. The molecule has 1 aromatic carbocycles. The number of carbonyl (C=O) groups is 2. The Hall–Kier alpha value is -2.25. The normalized spacial score (nSPS) is 21.6. The highest BCUT2D eigenvalue weighted by atomic mass is 32.1. The van der Waals surface area contributed by atoms with Crippen LogP contribution in [0.4, 0.5) is 0 Å². The van der Waals surface area contributed by atoms with Crippen molar-refractivity contribution >= 4 is 23.2 Å². The fourth-order valence-corrected chi connectivity index (χ4v) is 4.26. The zero-order chi connectivity index (χ0) is 17.4. The van der Waals surface area contributed by atoms with Crippen molar-refractivity contribution in [2.45, 2.75) is 12.6 Å². The molecule has 3 heterocycles. The van der Waals surface area contributed by atoms with E-state index in [0.717, 1.165) is 22.8 Å². The Morgan fingerprint density at radius 2 is 2.00 bits per heavy atom. The summed E-state index contributed by atoms with van der Waals surface area (Å²) in [5.41, 5.74) is 2.14. The van der Waals surface area contributed by atoms with Crippen molar-refractivity contribution in [3.05, 3.63) is 41.4 Å². The van der Waals surface area contributed by atoms with Gasteiger partial charge in [-0.25, -0.2) is 4.98 Å². The van der Waals surface area contributed by atoms with E-state index in [-0.39, 0.29) is 24.4 Å². The third-order valence-electron chi connectivity index (χ3n) is 4.78. The molecule has 2 fully saturated rings. The quantitative estimate of drug-likeness (QED) is 0.832. The van der Waals surface area contributed by atoms with Crippen molar-refractivity contribution in [3.8, 4) is 10.6 Å². The van der Waals surface area contributed by atoms with Gasteiger partial charge in [0.25, 0.3) is 0 Å². The molecule has 25 heavy (non-hydrogen) atoms. The Morgan fingerprint density at radius 3 is 2.80 bits per heavy atom. The maximum atomic E-state index is 12.4. The summed E-state index contributed by atoms with van der Waals surface area (Å²) in [6.07, 6.45) is 0. The summed E-state index contributed by atoms with van der Waals surface area (Å²) >= 11 is 1.64. The number of rotatable bonds is 3. The van der Waals surface area contributed by atoms with E-state index in [1.807, 2.05) is 18.2 Å². The van der Waals surface area contributed by atoms with Gasteiger partial charge >= 0.3 is 0 Å². The zero-order valence-electron chi connectivity index (χ0n) is 14.1. The van der Waals surface area contributed by atoms with Crippen LogP contribution in [-0.2, 0) is 16.1 Å². The van der Waals surface area contributed by atoms with Gasteiger partial charge in [-0.3, -0.25) is 14.5 Å². The molecule has 0 N–H and O–H groups in total. The molecule has 6 nitrogen and oxygen atoms in total. The SMILES string of the molecule is CN1CC(=O)N2CCN(Cc3csc(-c4ccccc4)n3)CC2C1=O. The molecule has 0 bridgehead atoms. The minimum Gasteiger partial charge on any atom is -0.335 e. The van der Waals surface area contributed by atoms with Crippen molar-refractivity contribution in [2.75, 3.05) is 33.2 Å². The lowest BCUT2D eigenvalue weighted by molar-refractivity contribution is -0.158. The Labute approximate surface area is 150 Å². The van der Waals surface area contributed by atoms with Crippen LogP contribution in [0.3, 0.4) is 0 Å². The summed E-state index contributed by atoms with van der Waals surface area (Å²) in [4.78, 5) is 34.7. The van der Waals surface area contributed by atoms with Gasteiger partial charge in [0, 0.05) is 44.2 Å². The van der Waals surface area contributed by atoms with E-state index in [1.54, 1.807) is 23.3 Å². The molecule has 0 saturated carbocycles. The summed E-state index contributed by atoms with van der Waals surface area (Å²) in [5, 5.41) is 3.09. The molecule has 2 aliphatic heterocycles. The Kier molecular flexibility index (Phi) is 4.27. The number of aromatic nitrogens is 1. The summed E-state index contributed by atoms with van der Waals surface area (Å²) in [6, 6.07) is 9.78. The highest BCUT2D eigenvalue weighted by Gasteiger charge is 2.41. The van der Waals surface area contributed by atoms with Crippen molar-refractivity contribution in [2.24, 2.45) is 0 Å². The maximum Gasteiger partial charge on any atom is 0.246 e. The van der Waals surface area contributed by atoms with E-state index >= 15 is 0 Å². The lowest BCUT2D eigenvalue weighted by Gasteiger charge is -2.45. The van der Waals surface area contributed by atoms with Crippen molar-refractivity contribution < 1.29 is 9.59 Å². The molecule has 1 unspecified atom stereocenters. The smallest absolute Gasteiger partial charge is 0.246 e. The first-order valence-corrected chi connectivity index (χ1v) is 9.26. The van der Waals surface area contributed by atoms with Crippen LogP contribution >= 0.6 is 11.3 Å². The molecule has 130 valence electrons. The second kappa shape index (κ2) is 6.57. The van der Waals surface area contributed by atoms with Gasteiger partial charge in [0.1, 0.15) is 11.0 Å². The minimum atomic E-state index is -0.354. The molecular weight excluding hydrogens is 336 g/mol. The molecule has 0 radical (unpaired) electrons. The van der Waals surface area contributed by atoms with E-state index in [0.29, 0.717) is 19.6 Å². The zero-order valence-corrected chi connectivity index (χ0v) is 14.9. The predicted molar refractivity (Wildman–Crippen MR) is 96.0 cm³/mol. The number of likely N-dealkylation sites (N-methyl/N-ethyl adjacent to an activating group) is 1. The molecule has 7 heteroatoms. The van der Waals surface area contributed by atoms with Crippen LogP contribution in [0.25, 0.3) is 10.6 Å². The summed E-state index contributed by atoms with van der Waals surface area (Å²) in [7, 11) is 1.70. The molecule has 2 saturated heterocycles. The fraction of sp³-hybridized carbons (Fsp3) is 0.389. The second-order valence-electron chi connectivity index (χ2n) is 6.54. The summed E-state index contributed by atoms with van der Waals surface area (Å²) < 4.78 is 0. The predicted octanol–water partition coefficient (Wildman–Crippen LogP) is 1.29. The number of hydrogen-bond donors (Lipinski definition) is 0. The number of benzene rings is 1. The van der Waals surface area contributed by atoms with Gasteiger partial charge in [-0.2, -0.15) is 0 Å². The van der Waals surface area contributed by atoms with Crippen LogP contribution < -0.4 is 0 Å². The molecule has 2 amide bonds. The lowest BCUT2D eigenvalue weighted by atomic mass is 10.1. The van der Waals surface area contributed by atoms with Crippen LogP contribution in [0, 0.1) is 0 Å². The van der Waals surface area contributed by atoms with E-state index in [9.17, 15) is 9.59 Å². The Morgan fingerprint density at radius 1 is 1.20 bits per heavy atom. The van der Waals surface area contributed by atoms with E-state index < -0.39 is 0 Å². The van der Waals surface area contributed by atoms with Gasteiger partial charge in [0.15, 0.2) is 0 Å².